The zero-order valence-electron chi connectivity index (χ0n) is 13.8. The summed E-state index contributed by atoms with van der Waals surface area (Å²) >= 11 is 1.40. The van der Waals surface area contributed by atoms with E-state index in [4.69, 9.17) is 5.73 Å². The molecule has 0 amide bonds. The van der Waals surface area contributed by atoms with Crippen LogP contribution in [0, 0.1) is 0 Å². The third-order valence-electron chi connectivity index (χ3n) is 4.66. The van der Waals surface area contributed by atoms with Gasteiger partial charge in [-0.25, -0.2) is 13.6 Å². The van der Waals surface area contributed by atoms with E-state index >= 15 is 4.39 Å². The van der Waals surface area contributed by atoms with E-state index in [-0.39, 0.29) is 52.4 Å². The van der Waals surface area contributed by atoms with Gasteiger partial charge in [0.2, 0.25) is 5.43 Å². The van der Waals surface area contributed by atoms with Crippen molar-refractivity contribution in [3.63, 3.8) is 0 Å². The number of fused-ring (bicyclic) bond motifs is 3. The fraction of sp³-hybridized carbons (Fsp3) is 0.500. The van der Waals surface area contributed by atoms with Crippen molar-refractivity contribution in [2.24, 2.45) is 5.73 Å². The standard InChI is InChI=1S/C16H19F2N3O3S/c1-6-9-14(12(18)13(11(6)17)20-4-3-19)21-7(2)25-5-8(21)10(15(9)22)16(23)24/h6-7,11,20H,3-5,19H2,1-2H3,(H,23,24). The summed E-state index contributed by atoms with van der Waals surface area (Å²) in [5.41, 5.74) is 4.13. The number of carboxylic acid groups (broad SMARTS) is 1. The van der Waals surface area contributed by atoms with Crippen molar-refractivity contribution in [1.82, 2.24) is 9.88 Å². The van der Waals surface area contributed by atoms with Gasteiger partial charge >= 0.3 is 5.97 Å². The Morgan fingerprint density at radius 1 is 1.48 bits per heavy atom. The summed E-state index contributed by atoms with van der Waals surface area (Å²) in [7, 11) is 0. The molecule has 25 heavy (non-hydrogen) atoms. The van der Waals surface area contributed by atoms with Crippen LogP contribution in [0.3, 0.4) is 0 Å². The first-order valence-electron chi connectivity index (χ1n) is 7.95. The maximum absolute atomic E-state index is 15.1. The molecule has 0 saturated carbocycles. The fourth-order valence-corrected chi connectivity index (χ4v) is 4.53. The molecule has 0 bridgehead atoms. The molecule has 4 N–H and O–H groups in total. The highest BCUT2D eigenvalue weighted by Crippen LogP contribution is 2.45. The predicted octanol–water partition coefficient (Wildman–Crippen LogP) is 1.95. The van der Waals surface area contributed by atoms with Gasteiger partial charge in [0.05, 0.1) is 16.8 Å². The second kappa shape index (κ2) is 6.45. The summed E-state index contributed by atoms with van der Waals surface area (Å²) in [5, 5.41) is 11.9. The number of pyridine rings is 1. The number of hydrogen-bond donors (Lipinski definition) is 3. The van der Waals surface area contributed by atoms with E-state index in [1.54, 1.807) is 6.92 Å². The highest BCUT2D eigenvalue weighted by Gasteiger charge is 2.42. The smallest absolute Gasteiger partial charge is 0.341 e. The number of nitrogens with two attached hydrogens (primary N) is 1. The summed E-state index contributed by atoms with van der Waals surface area (Å²) in [4.78, 5) is 24.3. The van der Waals surface area contributed by atoms with Gasteiger partial charge in [0.25, 0.3) is 0 Å². The molecule has 136 valence electrons. The lowest BCUT2D eigenvalue weighted by Gasteiger charge is -2.31. The van der Waals surface area contributed by atoms with Crippen molar-refractivity contribution in [1.29, 1.82) is 0 Å². The van der Waals surface area contributed by atoms with Gasteiger partial charge in [-0.3, -0.25) is 4.79 Å². The Labute approximate surface area is 147 Å². The summed E-state index contributed by atoms with van der Waals surface area (Å²) in [6.45, 7) is 3.66. The number of hydrogen-bond acceptors (Lipinski definition) is 5. The molecule has 2 aliphatic rings. The van der Waals surface area contributed by atoms with Gasteiger partial charge in [-0.05, 0) is 6.92 Å². The number of halogens is 2. The first kappa shape index (κ1) is 17.9. The molecule has 6 nitrogen and oxygen atoms in total. The van der Waals surface area contributed by atoms with Crippen LogP contribution in [0.4, 0.5) is 8.78 Å². The van der Waals surface area contributed by atoms with Gasteiger partial charge < -0.3 is 20.7 Å². The molecule has 3 atom stereocenters. The molecule has 0 radical (unpaired) electrons. The maximum atomic E-state index is 15.1. The number of nitrogens with one attached hydrogen (secondary N) is 1. The van der Waals surface area contributed by atoms with Crippen LogP contribution in [0.2, 0.25) is 0 Å². The highest BCUT2D eigenvalue weighted by atomic mass is 32.2. The van der Waals surface area contributed by atoms with Crippen molar-refractivity contribution in [3.8, 4) is 0 Å². The number of alkyl halides is 1. The minimum atomic E-state index is -1.77. The van der Waals surface area contributed by atoms with Gasteiger partial charge in [-0.1, -0.05) is 6.92 Å². The Balaban J connectivity index is 2.37. The number of aromatic carboxylic acids is 1. The largest absolute Gasteiger partial charge is 0.477 e. The van der Waals surface area contributed by atoms with Crippen molar-refractivity contribution in [3.05, 3.63) is 38.4 Å². The molecule has 0 saturated heterocycles. The summed E-state index contributed by atoms with van der Waals surface area (Å²) in [5.74, 6) is -2.89. The topological polar surface area (TPSA) is 97.3 Å². The van der Waals surface area contributed by atoms with E-state index in [0.29, 0.717) is 0 Å². The van der Waals surface area contributed by atoms with E-state index in [1.165, 1.54) is 23.3 Å². The number of thioether (sulfide) groups is 1. The number of allylic oxidation sites excluding steroid dienone is 1. The van der Waals surface area contributed by atoms with Gasteiger partial charge in [-0.15, -0.1) is 11.8 Å². The van der Waals surface area contributed by atoms with Crippen LogP contribution in [0.1, 0.15) is 52.4 Å². The second-order valence-electron chi connectivity index (χ2n) is 6.13. The quantitative estimate of drug-likeness (QED) is 0.749. The number of carbonyl (C=O) groups is 1. The van der Waals surface area contributed by atoms with Crippen molar-refractivity contribution < 1.29 is 18.7 Å². The molecule has 9 heteroatoms. The third kappa shape index (κ3) is 2.56. The van der Waals surface area contributed by atoms with Crippen LogP contribution in [0.25, 0.3) is 5.83 Å². The number of aromatic nitrogens is 1. The third-order valence-corrected chi connectivity index (χ3v) is 5.79. The fourth-order valence-electron chi connectivity index (χ4n) is 3.47. The van der Waals surface area contributed by atoms with E-state index in [2.05, 4.69) is 5.32 Å². The van der Waals surface area contributed by atoms with Crippen LogP contribution >= 0.6 is 11.8 Å². The van der Waals surface area contributed by atoms with Crippen LogP contribution in [-0.4, -0.2) is 34.9 Å². The van der Waals surface area contributed by atoms with Crippen molar-refractivity contribution in [2.45, 2.75) is 37.1 Å². The Bertz CT molecular complexity index is 837. The lowest BCUT2D eigenvalue weighted by atomic mass is 9.85. The van der Waals surface area contributed by atoms with Crippen LogP contribution < -0.4 is 16.5 Å². The lowest BCUT2D eigenvalue weighted by molar-refractivity contribution is 0.0693. The number of nitrogens with zero attached hydrogens (tertiary/aromatic N) is 1. The minimum absolute atomic E-state index is 0.0107. The summed E-state index contributed by atoms with van der Waals surface area (Å²) in [6.07, 6.45) is -1.77. The first-order chi connectivity index (χ1) is 11.8. The maximum Gasteiger partial charge on any atom is 0.341 e. The van der Waals surface area contributed by atoms with Crippen LogP contribution in [-0.2, 0) is 5.75 Å². The molecule has 0 fully saturated rings. The normalized spacial score (nSPS) is 24.9. The Hall–Kier alpha value is -1.87. The molecule has 2 heterocycles. The van der Waals surface area contributed by atoms with Gasteiger partial charge in [0.15, 0.2) is 5.83 Å². The van der Waals surface area contributed by atoms with E-state index in [1.807, 2.05) is 0 Å². The van der Waals surface area contributed by atoms with Gasteiger partial charge in [-0.2, -0.15) is 0 Å². The molecular formula is C16H19F2N3O3S. The van der Waals surface area contributed by atoms with Crippen molar-refractivity contribution >= 4 is 23.6 Å². The molecule has 3 rings (SSSR count). The molecule has 1 aliphatic carbocycles. The summed E-state index contributed by atoms with van der Waals surface area (Å²) < 4.78 is 31.4. The summed E-state index contributed by atoms with van der Waals surface area (Å²) in [6, 6.07) is 0. The van der Waals surface area contributed by atoms with E-state index < -0.39 is 29.3 Å². The van der Waals surface area contributed by atoms with Gasteiger partial charge in [0.1, 0.15) is 11.7 Å². The van der Waals surface area contributed by atoms with E-state index in [0.717, 1.165) is 0 Å². The molecule has 0 spiro atoms. The molecular weight excluding hydrogens is 352 g/mol. The zero-order chi connectivity index (χ0) is 18.5. The number of rotatable bonds is 4. The lowest BCUT2D eigenvalue weighted by Crippen LogP contribution is -2.38. The average molecular weight is 371 g/mol. The molecule has 1 aromatic rings. The SMILES string of the molecule is CC1c2c(n3c(c(C(=O)O)c2=O)CSC3C)C(F)=C(NCCN)C1F. The van der Waals surface area contributed by atoms with E-state index in [9.17, 15) is 19.1 Å². The Morgan fingerprint density at radius 3 is 2.76 bits per heavy atom. The van der Waals surface area contributed by atoms with Crippen molar-refractivity contribution in [2.75, 3.05) is 13.1 Å². The van der Waals surface area contributed by atoms with Crippen LogP contribution in [0.5, 0.6) is 0 Å². The molecule has 1 aliphatic heterocycles. The number of carboxylic acids is 1. The minimum Gasteiger partial charge on any atom is -0.477 e. The molecule has 3 unspecified atom stereocenters. The Kier molecular flexibility index (Phi) is 4.63. The predicted molar refractivity (Wildman–Crippen MR) is 92.1 cm³/mol. The first-order valence-corrected chi connectivity index (χ1v) is 9.00. The van der Waals surface area contributed by atoms with Crippen LogP contribution in [0.15, 0.2) is 10.5 Å². The second-order valence-corrected chi connectivity index (χ2v) is 7.44. The molecule has 1 aromatic heterocycles. The Morgan fingerprint density at radius 2 is 2.16 bits per heavy atom. The monoisotopic (exact) mass is 371 g/mol. The van der Waals surface area contributed by atoms with Gasteiger partial charge in [0, 0.05) is 36.0 Å². The molecule has 0 aromatic carbocycles. The highest BCUT2D eigenvalue weighted by molar-refractivity contribution is 7.98. The average Bonchev–Trinajstić information content (AvgIpc) is 2.92. The zero-order valence-corrected chi connectivity index (χ0v) is 14.6.